The highest BCUT2D eigenvalue weighted by Gasteiger charge is 2.21. The molecule has 0 aliphatic rings. The zero-order chi connectivity index (χ0) is 20.1. The Morgan fingerprint density at radius 1 is 1.33 bits per heavy atom. The number of anilines is 1. The summed E-state index contributed by atoms with van der Waals surface area (Å²) in [5, 5.41) is 26.5. The Labute approximate surface area is 154 Å². The van der Waals surface area contributed by atoms with Crippen molar-refractivity contribution in [2.24, 2.45) is 0 Å². The fourth-order valence-corrected chi connectivity index (χ4v) is 2.60. The number of ether oxygens (including phenoxy) is 1. The molecule has 0 spiro atoms. The number of aryl methyl sites for hydroxylation is 3. The molecule has 0 atom stereocenters. The second-order valence-electron chi connectivity index (χ2n) is 5.96. The fourth-order valence-electron chi connectivity index (χ4n) is 2.60. The summed E-state index contributed by atoms with van der Waals surface area (Å²) < 4.78 is 6.53. The lowest BCUT2D eigenvalue weighted by atomic mass is 10.2. The molecular formula is C17H20N4O6. The Morgan fingerprint density at radius 3 is 2.59 bits per heavy atom. The zero-order valence-electron chi connectivity index (χ0n) is 15.2. The van der Waals surface area contributed by atoms with Gasteiger partial charge in [0.25, 0.3) is 0 Å². The van der Waals surface area contributed by atoms with Gasteiger partial charge in [0.05, 0.1) is 11.5 Å². The van der Waals surface area contributed by atoms with E-state index in [9.17, 15) is 19.7 Å². The van der Waals surface area contributed by atoms with E-state index in [1.165, 1.54) is 4.68 Å². The predicted octanol–water partition coefficient (Wildman–Crippen LogP) is 2.21. The van der Waals surface area contributed by atoms with Crippen molar-refractivity contribution >= 4 is 23.3 Å². The van der Waals surface area contributed by atoms with Gasteiger partial charge in [-0.3, -0.25) is 19.6 Å². The number of carbonyl (C=O) groups excluding carboxylic acids is 1. The monoisotopic (exact) mass is 376 g/mol. The second kappa shape index (κ2) is 8.30. The van der Waals surface area contributed by atoms with Crippen molar-refractivity contribution in [3.05, 3.63) is 45.3 Å². The van der Waals surface area contributed by atoms with Gasteiger partial charge in [0.2, 0.25) is 5.91 Å². The number of aliphatic carboxylic acids is 1. The maximum absolute atomic E-state index is 12.2. The summed E-state index contributed by atoms with van der Waals surface area (Å²) in [4.78, 5) is 33.2. The molecule has 10 nitrogen and oxygen atoms in total. The van der Waals surface area contributed by atoms with Gasteiger partial charge in [0.1, 0.15) is 17.1 Å². The number of carboxylic acid groups (broad SMARTS) is 1. The molecule has 144 valence electrons. The number of nitro groups is 1. The molecule has 0 saturated carbocycles. The molecule has 0 bridgehead atoms. The van der Waals surface area contributed by atoms with Crippen LogP contribution in [0.15, 0.2) is 18.2 Å². The molecule has 1 aromatic carbocycles. The van der Waals surface area contributed by atoms with Gasteiger partial charge in [-0.25, -0.2) is 4.79 Å². The normalized spacial score (nSPS) is 10.5. The van der Waals surface area contributed by atoms with Gasteiger partial charge >= 0.3 is 11.7 Å². The van der Waals surface area contributed by atoms with E-state index in [0.29, 0.717) is 28.4 Å². The molecule has 0 saturated heterocycles. The summed E-state index contributed by atoms with van der Waals surface area (Å²) in [6.07, 6.45) is 0.0931. The van der Waals surface area contributed by atoms with Gasteiger partial charge in [-0.2, -0.15) is 5.10 Å². The average molecular weight is 376 g/mol. The van der Waals surface area contributed by atoms with Crippen LogP contribution in [0, 0.1) is 30.9 Å². The number of carbonyl (C=O) groups is 2. The van der Waals surface area contributed by atoms with Crippen molar-refractivity contribution in [3.63, 3.8) is 0 Å². The van der Waals surface area contributed by atoms with Gasteiger partial charge in [-0.05, 0) is 44.5 Å². The molecule has 27 heavy (non-hydrogen) atoms. The smallest absolute Gasteiger partial charge is 0.341 e. The van der Waals surface area contributed by atoms with E-state index in [-0.39, 0.29) is 24.6 Å². The summed E-state index contributed by atoms with van der Waals surface area (Å²) >= 11 is 0. The van der Waals surface area contributed by atoms with E-state index in [1.54, 1.807) is 39.0 Å². The molecule has 2 N–H and O–H groups in total. The highest BCUT2D eigenvalue weighted by atomic mass is 16.6. The van der Waals surface area contributed by atoms with E-state index in [2.05, 4.69) is 10.4 Å². The van der Waals surface area contributed by atoms with Crippen molar-refractivity contribution in [1.82, 2.24) is 9.78 Å². The third-order valence-corrected chi connectivity index (χ3v) is 3.91. The van der Waals surface area contributed by atoms with E-state index in [4.69, 9.17) is 9.84 Å². The maximum Gasteiger partial charge on any atom is 0.341 e. The SMILES string of the molecule is Cc1cc(OCC(=O)O)ccc1NC(=O)CCn1nc(C)c([N+](=O)[O-])c1C. The van der Waals surface area contributed by atoms with Crippen LogP contribution >= 0.6 is 0 Å². The molecule has 1 aromatic heterocycles. The van der Waals surface area contributed by atoms with Crippen LogP contribution in [0.3, 0.4) is 0 Å². The first-order valence-corrected chi connectivity index (χ1v) is 8.12. The minimum atomic E-state index is -1.07. The highest BCUT2D eigenvalue weighted by molar-refractivity contribution is 5.91. The van der Waals surface area contributed by atoms with Crippen molar-refractivity contribution in [1.29, 1.82) is 0 Å². The van der Waals surface area contributed by atoms with E-state index in [1.807, 2.05) is 0 Å². The van der Waals surface area contributed by atoms with Crippen LogP contribution in [0.5, 0.6) is 5.75 Å². The molecule has 0 unspecified atom stereocenters. The van der Waals surface area contributed by atoms with Crippen molar-refractivity contribution in [3.8, 4) is 5.75 Å². The summed E-state index contributed by atoms with van der Waals surface area (Å²) in [6, 6.07) is 4.82. The van der Waals surface area contributed by atoms with Crippen molar-refractivity contribution in [2.75, 3.05) is 11.9 Å². The van der Waals surface area contributed by atoms with Crippen molar-refractivity contribution in [2.45, 2.75) is 33.7 Å². The number of nitrogens with zero attached hydrogens (tertiary/aromatic N) is 3. The Hall–Kier alpha value is -3.43. The number of benzene rings is 1. The van der Waals surface area contributed by atoms with E-state index < -0.39 is 17.5 Å². The number of hydrogen-bond acceptors (Lipinski definition) is 6. The van der Waals surface area contributed by atoms with E-state index in [0.717, 1.165) is 0 Å². The minimum absolute atomic E-state index is 0.0387. The second-order valence-corrected chi connectivity index (χ2v) is 5.96. The number of carboxylic acids is 1. The Balaban J connectivity index is 1.97. The average Bonchev–Trinajstić information content (AvgIpc) is 2.87. The fraction of sp³-hybridized carbons (Fsp3) is 0.353. The minimum Gasteiger partial charge on any atom is -0.482 e. The van der Waals surface area contributed by atoms with Gasteiger partial charge in [0.15, 0.2) is 6.61 Å². The van der Waals surface area contributed by atoms with Crippen LogP contribution in [-0.2, 0) is 16.1 Å². The number of rotatable bonds is 8. The molecule has 1 heterocycles. The van der Waals surface area contributed by atoms with Crippen molar-refractivity contribution < 1.29 is 24.4 Å². The number of amides is 1. The van der Waals surface area contributed by atoms with Gasteiger partial charge in [-0.15, -0.1) is 0 Å². The molecule has 2 aromatic rings. The van der Waals surface area contributed by atoms with Gasteiger partial charge in [-0.1, -0.05) is 0 Å². The molecule has 0 radical (unpaired) electrons. The first kappa shape index (κ1) is 19.9. The van der Waals surface area contributed by atoms with Gasteiger partial charge in [0, 0.05) is 12.1 Å². The lowest BCUT2D eigenvalue weighted by Crippen LogP contribution is -2.16. The number of nitrogens with one attached hydrogen (secondary N) is 1. The van der Waals surface area contributed by atoms with Crippen LogP contribution in [0.25, 0.3) is 0 Å². The van der Waals surface area contributed by atoms with Crippen LogP contribution in [0.4, 0.5) is 11.4 Å². The molecule has 0 aliphatic carbocycles. The third kappa shape index (κ3) is 5.03. The Morgan fingerprint density at radius 2 is 2.04 bits per heavy atom. The summed E-state index contributed by atoms with van der Waals surface area (Å²) in [7, 11) is 0. The molecule has 0 fully saturated rings. The molecular weight excluding hydrogens is 356 g/mol. The molecule has 10 heteroatoms. The summed E-state index contributed by atoms with van der Waals surface area (Å²) in [5.41, 5.74) is 1.96. The van der Waals surface area contributed by atoms with Crippen LogP contribution in [0.2, 0.25) is 0 Å². The Bertz CT molecular complexity index is 890. The maximum atomic E-state index is 12.2. The number of aromatic nitrogens is 2. The quantitative estimate of drug-likeness (QED) is 0.532. The standard InChI is InChI=1S/C17H20N4O6/c1-10-8-13(27-9-16(23)24)4-5-14(10)18-15(22)6-7-20-12(3)17(21(25)26)11(2)19-20/h4-5,8H,6-7,9H2,1-3H3,(H,18,22)(H,23,24). The first-order valence-electron chi connectivity index (χ1n) is 8.12. The van der Waals surface area contributed by atoms with Crippen LogP contribution in [-0.4, -0.2) is 38.3 Å². The highest BCUT2D eigenvalue weighted by Crippen LogP contribution is 2.23. The summed E-state index contributed by atoms with van der Waals surface area (Å²) in [5.74, 6) is -0.954. The number of hydrogen-bond donors (Lipinski definition) is 2. The topological polar surface area (TPSA) is 137 Å². The third-order valence-electron chi connectivity index (χ3n) is 3.91. The molecule has 1 amide bonds. The predicted molar refractivity (Wildman–Crippen MR) is 95.9 cm³/mol. The lowest BCUT2D eigenvalue weighted by molar-refractivity contribution is -0.386. The Kier molecular flexibility index (Phi) is 6.11. The van der Waals surface area contributed by atoms with Crippen LogP contribution in [0.1, 0.15) is 23.4 Å². The van der Waals surface area contributed by atoms with Crippen LogP contribution < -0.4 is 10.1 Å². The lowest BCUT2D eigenvalue weighted by Gasteiger charge is -2.11. The van der Waals surface area contributed by atoms with Gasteiger partial charge < -0.3 is 15.2 Å². The summed E-state index contributed by atoms with van der Waals surface area (Å²) in [6.45, 7) is 4.67. The largest absolute Gasteiger partial charge is 0.482 e. The molecule has 2 rings (SSSR count). The molecule has 0 aliphatic heterocycles. The first-order chi connectivity index (χ1) is 12.7. The zero-order valence-corrected chi connectivity index (χ0v) is 15.2. The van der Waals surface area contributed by atoms with E-state index >= 15 is 0 Å².